The number of hydrogen-bond acceptors (Lipinski definition) is 3. The van der Waals surface area contributed by atoms with Crippen molar-refractivity contribution in [3.05, 3.63) is 0 Å². The summed E-state index contributed by atoms with van der Waals surface area (Å²) in [4.78, 5) is 11.5. The first-order valence-corrected chi connectivity index (χ1v) is 5.20. The third-order valence-electron chi connectivity index (χ3n) is 2.24. The maximum absolute atomic E-state index is 11.5. The van der Waals surface area contributed by atoms with Crippen molar-refractivity contribution in [2.24, 2.45) is 5.92 Å². The molecule has 1 fully saturated rings. The molecular formula is C12H18O3. The van der Waals surface area contributed by atoms with Gasteiger partial charge in [-0.3, -0.25) is 4.79 Å². The minimum absolute atomic E-state index is 0.00741. The van der Waals surface area contributed by atoms with Gasteiger partial charge in [-0.1, -0.05) is 5.92 Å². The van der Waals surface area contributed by atoms with Gasteiger partial charge in [0.1, 0.15) is 12.2 Å². The second-order valence-electron chi connectivity index (χ2n) is 4.84. The van der Waals surface area contributed by atoms with Crippen molar-refractivity contribution in [2.45, 2.75) is 45.3 Å². The fourth-order valence-electron chi connectivity index (χ4n) is 1.45. The van der Waals surface area contributed by atoms with Gasteiger partial charge in [-0.2, -0.15) is 0 Å². The minimum Gasteiger partial charge on any atom is -0.460 e. The molecule has 0 aromatic rings. The van der Waals surface area contributed by atoms with E-state index in [1.807, 2.05) is 20.8 Å². The average molecular weight is 210 g/mol. The van der Waals surface area contributed by atoms with Crippen LogP contribution in [0.15, 0.2) is 0 Å². The highest BCUT2D eigenvalue weighted by molar-refractivity contribution is 5.74. The highest BCUT2D eigenvalue weighted by Gasteiger charge is 2.37. The third kappa shape index (κ3) is 3.93. The molecule has 84 valence electrons. The molecule has 0 aromatic carbocycles. The van der Waals surface area contributed by atoms with Gasteiger partial charge in [-0.05, 0) is 33.6 Å². The monoisotopic (exact) mass is 210 g/mol. The van der Waals surface area contributed by atoms with Crippen LogP contribution in [-0.2, 0) is 14.3 Å². The molecule has 0 bridgehead atoms. The smallest absolute Gasteiger partial charge is 0.309 e. The molecule has 0 atom stereocenters. The normalized spacial score (nSPS) is 25.2. The van der Waals surface area contributed by atoms with Crippen molar-refractivity contribution < 1.29 is 14.3 Å². The quantitative estimate of drug-likeness (QED) is 0.526. The molecule has 0 spiro atoms. The van der Waals surface area contributed by atoms with E-state index < -0.39 is 5.60 Å². The molecule has 1 aliphatic rings. The molecule has 15 heavy (non-hydrogen) atoms. The second kappa shape index (κ2) is 4.67. The fourth-order valence-corrected chi connectivity index (χ4v) is 1.45. The molecule has 0 heterocycles. The SMILES string of the molecule is C#CCO[C@H]1C[C@H](C(=O)OC(C)(C)C)C1. The van der Waals surface area contributed by atoms with E-state index in [1.165, 1.54) is 0 Å². The Morgan fingerprint density at radius 1 is 1.47 bits per heavy atom. The van der Waals surface area contributed by atoms with Crippen molar-refractivity contribution in [1.82, 2.24) is 0 Å². The molecule has 0 radical (unpaired) electrons. The fraction of sp³-hybridized carbons (Fsp3) is 0.750. The van der Waals surface area contributed by atoms with E-state index in [4.69, 9.17) is 15.9 Å². The van der Waals surface area contributed by atoms with Crippen LogP contribution in [-0.4, -0.2) is 24.3 Å². The topological polar surface area (TPSA) is 35.5 Å². The van der Waals surface area contributed by atoms with Gasteiger partial charge in [0.05, 0.1) is 12.0 Å². The standard InChI is InChI=1S/C12H18O3/c1-5-6-14-10-7-9(8-10)11(13)15-12(2,3)4/h1,9-10H,6-8H2,2-4H3/t9-,10-. The summed E-state index contributed by atoms with van der Waals surface area (Å²) in [5.74, 6) is 2.28. The van der Waals surface area contributed by atoms with Crippen LogP contribution in [0.3, 0.4) is 0 Å². The lowest BCUT2D eigenvalue weighted by Gasteiger charge is -2.34. The highest BCUT2D eigenvalue weighted by atomic mass is 16.6. The molecule has 0 unspecified atom stereocenters. The number of ether oxygens (including phenoxy) is 2. The third-order valence-corrected chi connectivity index (χ3v) is 2.24. The van der Waals surface area contributed by atoms with Gasteiger partial charge in [0, 0.05) is 0 Å². The van der Waals surface area contributed by atoms with Gasteiger partial charge in [-0.25, -0.2) is 0 Å². The largest absolute Gasteiger partial charge is 0.460 e. The van der Waals surface area contributed by atoms with Gasteiger partial charge in [0.25, 0.3) is 0 Å². The molecule has 1 saturated carbocycles. The number of terminal acetylenes is 1. The van der Waals surface area contributed by atoms with Gasteiger partial charge in [0.2, 0.25) is 0 Å². The maximum Gasteiger partial charge on any atom is 0.309 e. The van der Waals surface area contributed by atoms with Crippen LogP contribution in [0.5, 0.6) is 0 Å². The molecule has 1 aliphatic carbocycles. The Kier molecular flexibility index (Phi) is 3.76. The van der Waals surface area contributed by atoms with Crippen molar-refractivity contribution in [1.29, 1.82) is 0 Å². The molecule has 0 amide bonds. The van der Waals surface area contributed by atoms with Crippen LogP contribution in [0.25, 0.3) is 0 Å². The molecule has 3 heteroatoms. The van der Waals surface area contributed by atoms with Crippen LogP contribution in [0.1, 0.15) is 33.6 Å². The van der Waals surface area contributed by atoms with Gasteiger partial charge >= 0.3 is 5.97 Å². The first-order valence-electron chi connectivity index (χ1n) is 5.20. The molecular weight excluding hydrogens is 192 g/mol. The summed E-state index contributed by atoms with van der Waals surface area (Å²) in [7, 11) is 0. The summed E-state index contributed by atoms with van der Waals surface area (Å²) in [6.07, 6.45) is 6.67. The summed E-state index contributed by atoms with van der Waals surface area (Å²) in [5, 5.41) is 0. The highest BCUT2D eigenvalue weighted by Crippen LogP contribution is 2.32. The van der Waals surface area contributed by atoms with E-state index in [1.54, 1.807) is 0 Å². The Bertz CT molecular complexity index is 264. The lowest BCUT2D eigenvalue weighted by atomic mass is 9.82. The Balaban J connectivity index is 2.21. The Labute approximate surface area is 91.1 Å². The molecule has 0 aromatic heterocycles. The van der Waals surface area contributed by atoms with Gasteiger partial charge in [0.15, 0.2) is 0 Å². The van der Waals surface area contributed by atoms with Gasteiger partial charge < -0.3 is 9.47 Å². The lowest BCUT2D eigenvalue weighted by molar-refractivity contribution is -0.168. The van der Waals surface area contributed by atoms with E-state index in [9.17, 15) is 4.79 Å². The molecule has 0 N–H and O–H groups in total. The second-order valence-corrected chi connectivity index (χ2v) is 4.84. The first kappa shape index (κ1) is 12.1. The minimum atomic E-state index is -0.401. The Morgan fingerprint density at radius 3 is 2.53 bits per heavy atom. The van der Waals surface area contributed by atoms with E-state index in [0.29, 0.717) is 6.61 Å². The van der Waals surface area contributed by atoms with E-state index in [-0.39, 0.29) is 18.0 Å². The van der Waals surface area contributed by atoms with Crippen molar-refractivity contribution in [2.75, 3.05) is 6.61 Å². The van der Waals surface area contributed by atoms with Crippen LogP contribution in [0.2, 0.25) is 0 Å². The summed E-state index contributed by atoms with van der Waals surface area (Å²) in [5.41, 5.74) is -0.401. The van der Waals surface area contributed by atoms with Crippen LogP contribution in [0, 0.1) is 18.3 Å². The summed E-state index contributed by atoms with van der Waals surface area (Å²) >= 11 is 0. The Morgan fingerprint density at radius 2 is 2.07 bits per heavy atom. The summed E-state index contributed by atoms with van der Waals surface area (Å²) < 4.78 is 10.6. The molecule has 1 rings (SSSR count). The van der Waals surface area contributed by atoms with Gasteiger partial charge in [-0.15, -0.1) is 6.42 Å². The van der Waals surface area contributed by atoms with Crippen LogP contribution >= 0.6 is 0 Å². The average Bonchev–Trinajstić information content (AvgIpc) is 1.98. The van der Waals surface area contributed by atoms with E-state index >= 15 is 0 Å². The molecule has 3 nitrogen and oxygen atoms in total. The molecule has 0 aliphatic heterocycles. The number of rotatable bonds is 3. The predicted octanol–water partition coefficient (Wildman–Crippen LogP) is 1.76. The zero-order valence-corrected chi connectivity index (χ0v) is 9.58. The molecule has 0 saturated heterocycles. The number of hydrogen-bond donors (Lipinski definition) is 0. The number of esters is 1. The van der Waals surface area contributed by atoms with Crippen LogP contribution < -0.4 is 0 Å². The maximum atomic E-state index is 11.5. The van der Waals surface area contributed by atoms with Crippen LogP contribution in [0.4, 0.5) is 0 Å². The van der Waals surface area contributed by atoms with E-state index in [2.05, 4.69) is 5.92 Å². The zero-order chi connectivity index (χ0) is 11.5. The lowest BCUT2D eigenvalue weighted by Crippen LogP contribution is -2.40. The zero-order valence-electron chi connectivity index (χ0n) is 9.58. The number of carbonyl (C=O) groups excluding carboxylic acids is 1. The number of carbonyl (C=O) groups is 1. The summed E-state index contributed by atoms with van der Waals surface area (Å²) in [6.45, 7) is 5.94. The van der Waals surface area contributed by atoms with E-state index in [0.717, 1.165) is 12.8 Å². The summed E-state index contributed by atoms with van der Waals surface area (Å²) in [6, 6.07) is 0. The first-order chi connectivity index (χ1) is 6.92. The van der Waals surface area contributed by atoms with Crippen molar-refractivity contribution in [3.63, 3.8) is 0 Å². The predicted molar refractivity (Wildman–Crippen MR) is 57.1 cm³/mol. The Hall–Kier alpha value is -1.01. The van der Waals surface area contributed by atoms with Crippen molar-refractivity contribution >= 4 is 5.97 Å². The van der Waals surface area contributed by atoms with Crippen molar-refractivity contribution in [3.8, 4) is 12.3 Å².